The van der Waals surface area contributed by atoms with E-state index in [1.807, 2.05) is 61.5 Å². The van der Waals surface area contributed by atoms with Crippen molar-refractivity contribution in [3.63, 3.8) is 0 Å². The van der Waals surface area contributed by atoms with Gasteiger partial charge in [0.05, 0.1) is 31.5 Å². The highest BCUT2D eigenvalue weighted by molar-refractivity contribution is 6.31. The summed E-state index contributed by atoms with van der Waals surface area (Å²) in [6.07, 6.45) is 3.44. The highest BCUT2D eigenvalue weighted by atomic mass is 35.5. The molecule has 6 unspecified atom stereocenters. The van der Waals surface area contributed by atoms with Crippen LogP contribution in [0.4, 0.5) is 0 Å². The summed E-state index contributed by atoms with van der Waals surface area (Å²) in [5.74, 6) is -0.229. The molecule has 0 radical (unpaired) electrons. The van der Waals surface area contributed by atoms with E-state index in [9.17, 15) is 9.59 Å². The zero-order valence-electron chi connectivity index (χ0n) is 26.2. The van der Waals surface area contributed by atoms with Gasteiger partial charge >= 0.3 is 5.97 Å². The Morgan fingerprint density at radius 3 is 2.52 bits per heavy atom. The van der Waals surface area contributed by atoms with E-state index in [0.717, 1.165) is 40.8 Å². The van der Waals surface area contributed by atoms with E-state index < -0.39 is 18.2 Å². The van der Waals surface area contributed by atoms with Gasteiger partial charge in [0.25, 0.3) is 0 Å². The third kappa shape index (κ3) is 8.60. The first-order valence-electron chi connectivity index (χ1n) is 16.1. The molecule has 0 N–H and O–H groups in total. The highest BCUT2D eigenvalue weighted by Crippen LogP contribution is 2.48. The normalized spacial score (nSPS) is 24.3. The number of fused-ring (bicyclic) bond motifs is 1. The van der Waals surface area contributed by atoms with Crippen molar-refractivity contribution in [1.29, 1.82) is 0 Å². The molecule has 2 aliphatic heterocycles. The number of carbonyl (C=O) groups excluding carboxylic acids is 2. The third-order valence-corrected chi connectivity index (χ3v) is 9.55. The van der Waals surface area contributed by atoms with Crippen molar-refractivity contribution < 1.29 is 28.5 Å². The second-order valence-corrected chi connectivity index (χ2v) is 12.7. The predicted octanol–water partition coefficient (Wildman–Crippen LogP) is 8.63. The average molecular weight is 666 g/mol. The van der Waals surface area contributed by atoms with E-state index in [1.165, 1.54) is 0 Å². The number of alkyl halides is 1. The molecule has 2 heterocycles. The lowest BCUT2D eigenvalue weighted by Crippen LogP contribution is -2.50. The maximum atomic E-state index is 12.8. The molecule has 46 heavy (non-hydrogen) atoms. The first-order chi connectivity index (χ1) is 22.4. The number of ether oxygens (including phenoxy) is 4. The van der Waals surface area contributed by atoms with Gasteiger partial charge in [0.2, 0.25) is 0 Å². The topological polar surface area (TPSA) is 71.1 Å². The summed E-state index contributed by atoms with van der Waals surface area (Å²) in [6, 6.07) is 24.1. The molecule has 2 fully saturated rings. The van der Waals surface area contributed by atoms with Crippen LogP contribution in [-0.2, 0) is 30.2 Å². The van der Waals surface area contributed by atoms with Crippen LogP contribution in [-0.4, -0.2) is 43.1 Å². The summed E-state index contributed by atoms with van der Waals surface area (Å²) >= 11 is 12.7. The second-order valence-electron chi connectivity index (χ2n) is 12.0. The van der Waals surface area contributed by atoms with Gasteiger partial charge in [0.15, 0.2) is 0 Å². The fourth-order valence-electron chi connectivity index (χ4n) is 6.76. The number of hydrogen-bond acceptors (Lipinski definition) is 6. The maximum absolute atomic E-state index is 12.8. The molecular formula is C38H42Cl2O6. The Hall–Kier alpha value is -3.16. The van der Waals surface area contributed by atoms with Crippen LogP contribution >= 0.6 is 23.2 Å². The van der Waals surface area contributed by atoms with Crippen LogP contribution in [0.1, 0.15) is 73.5 Å². The van der Waals surface area contributed by atoms with E-state index in [1.54, 1.807) is 6.08 Å². The van der Waals surface area contributed by atoms with Crippen molar-refractivity contribution in [1.82, 2.24) is 0 Å². The summed E-state index contributed by atoms with van der Waals surface area (Å²) in [6.45, 7) is 6.64. The molecule has 0 spiro atoms. The Labute approximate surface area is 282 Å². The van der Waals surface area contributed by atoms with Crippen molar-refractivity contribution in [3.8, 4) is 5.75 Å². The van der Waals surface area contributed by atoms with Crippen molar-refractivity contribution >= 4 is 35.0 Å². The summed E-state index contributed by atoms with van der Waals surface area (Å²) in [7, 11) is 0. The second kappa shape index (κ2) is 16.6. The maximum Gasteiger partial charge on any atom is 0.321 e. The molecule has 0 aliphatic carbocycles. The number of Topliss-reactive ketones (excluding diaryl/α,β-unsaturated/α-hetero) is 1. The highest BCUT2D eigenvalue weighted by Gasteiger charge is 2.49. The van der Waals surface area contributed by atoms with E-state index in [2.05, 4.69) is 24.8 Å². The quantitative estimate of drug-likeness (QED) is 0.103. The fourth-order valence-corrected chi connectivity index (χ4v) is 7.01. The summed E-state index contributed by atoms with van der Waals surface area (Å²) in [5, 5.41) is 0.651. The van der Waals surface area contributed by atoms with Crippen molar-refractivity contribution in [2.75, 3.05) is 19.1 Å². The molecule has 3 aromatic carbocycles. The van der Waals surface area contributed by atoms with Crippen LogP contribution in [0.5, 0.6) is 5.75 Å². The molecule has 6 atom stereocenters. The van der Waals surface area contributed by atoms with Crippen LogP contribution in [0.3, 0.4) is 0 Å². The molecule has 2 saturated heterocycles. The van der Waals surface area contributed by atoms with Crippen LogP contribution in [0.25, 0.3) is 0 Å². The van der Waals surface area contributed by atoms with E-state index in [-0.39, 0.29) is 42.1 Å². The van der Waals surface area contributed by atoms with Gasteiger partial charge in [-0.1, -0.05) is 72.3 Å². The molecule has 0 amide bonds. The number of esters is 1. The third-order valence-electron chi connectivity index (χ3n) is 8.96. The van der Waals surface area contributed by atoms with Gasteiger partial charge in [-0.2, -0.15) is 0 Å². The van der Waals surface area contributed by atoms with Gasteiger partial charge in [-0.15, -0.1) is 18.2 Å². The van der Waals surface area contributed by atoms with Gasteiger partial charge < -0.3 is 18.9 Å². The molecule has 5 rings (SSSR count). The largest absolute Gasteiger partial charge is 0.494 e. The van der Waals surface area contributed by atoms with Crippen LogP contribution in [0, 0.1) is 11.8 Å². The van der Waals surface area contributed by atoms with Crippen molar-refractivity contribution in [3.05, 3.63) is 113 Å². The first kappa shape index (κ1) is 34.2. The van der Waals surface area contributed by atoms with Gasteiger partial charge in [-0.05, 0) is 73.1 Å². The van der Waals surface area contributed by atoms with E-state index in [0.29, 0.717) is 37.5 Å². The number of carbonyl (C=O) groups is 2. The monoisotopic (exact) mass is 664 g/mol. The smallest absolute Gasteiger partial charge is 0.321 e. The minimum absolute atomic E-state index is 0.0823. The predicted molar refractivity (Wildman–Crippen MR) is 180 cm³/mol. The van der Waals surface area contributed by atoms with Crippen LogP contribution in [0.15, 0.2) is 85.5 Å². The minimum atomic E-state index is -0.505. The Bertz CT molecular complexity index is 1460. The zero-order chi connectivity index (χ0) is 32.5. The Balaban J connectivity index is 1.48. The minimum Gasteiger partial charge on any atom is -0.494 e. The lowest BCUT2D eigenvalue weighted by molar-refractivity contribution is -0.205. The number of halogens is 2. The lowest BCUT2D eigenvalue weighted by Gasteiger charge is -2.46. The summed E-state index contributed by atoms with van der Waals surface area (Å²) in [5.41, 5.74) is 4.07. The number of benzene rings is 3. The van der Waals surface area contributed by atoms with Gasteiger partial charge in [0, 0.05) is 29.7 Å². The molecule has 2 aliphatic rings. The summed E-state index contributed by atoms with van der Waals surface area (Å²) in [4.78, 5) is 25.5. The molecule has 0 saturated carbocycles. The van der Waals surface area contributed by atoms with Gasteiger partial charge in [0.1, 0.15) is 23.5 Å². The Morgan fingerprint density at radius 2 is 1.80 bits per heavy atom. The number of allylic oxidation sites excluding steroid dienone is 1. The fraction of sp³-hybridized carbons (Fsp3) is 0.421. The van der Waals surface area contributed by atoms with Crippen molar-refractivity contribution in [2.45, 2.75) is 69.9 Å². The molecule has 8 heteroatoms. The molecule has 244 valence electrons. The molecule has 0 aromatic heterocycles. The van der Waals surface area contributed by atoms with Gasteiger partial charge in [-0.25, -0.2) is 0 Å². The lowest BCUT2D eigenvalue weighted by atomic mass is 9.74. The van der Waals surface area contributed by atoms with Crippen LogP contribution < -0.4 is 4.74 Å². The number of ketones is 1. The molecule has 3 aromatic rings. The van der Waals surface area contributed by atoms with E-state index >= 15 is 0 Å². The SMILES string of the molecule is C=CCC(=O)CCC1C(c2ccc(Cl)c(Cc3ccc(OCC)cc3)c2)OC2COC(c3ccccc3)CCC2C1OC(=O)CCl. The first-order valence-corrected chi connectivity index (χ1v) is 17.0. The zero-order valence-corrected chi connectivity index (χ0v) is 27.8. The molecule has 0 bridgehead atoms. The Kier molecular flexibility index (Phi) is 12.3. The number of rotatable bonds is 13. The average Bonchev–Trinajstić information content (AvgIpc) is 3.29. The van der Waals surface area contributed by atoms with Gasteiger partial charge in [-0.3, -0.25) is 9.59 Å². The summed E-state index contributed by atoms with van der Waals surface area (Å²) < 4.78 is 25.2. The van der Waals surface area contributed by atoms with Crippen molar-refractivity contribution in [2.24, 2.45) is 11.8 Å². The van der Waals surface area contributed by atoms with E-state index in [4.69, 9.17) is 42.1 Å². The number of hydrogen-bond donors (Lipinski definition) is 0. The molecule has 6 nitrogen and oxygen atoms in total. The molecular weight excluding hydrogens is 623 g/mol. The Morgan fingerprint density at radius 1 is 1.02 bits per heavy atom. The van der Waals surface area contributed by atoms with Crippen LogP contribution in [0.2, 0.25) is 5.02 Å². The standard InChI is InChI=1S/C38H42Cl2O6/c1-3-8-29(41)14-17-32-37(27-13-19-33(40)28(22-27)21-25-11-15-30(16-12-25)43-4-2)45-35-24-44-34(26-9-6-5-7-10-26)20-18-31(35)38(32)46-36(42)23-39/h3,5-7,9-13,15-16,19,22,31-32,34-35,37-38H,1,4,8,14,17-18,20-21,23-24H2,2H3.